The Morgan fingerprint density at radius 2 is 2.00 bits per heavy atom. The van der Waals surface area contributed by atoms with E-state index < -0.39 is 23.9 Å². The van der Waals surface area contributed by atoms with E-state index in [1.807, 2.05) is 0 Å². The molecule has 1 saturated heterocycles. The molecule has 2 N–H and O–H groups in total. The summed E-state index contributed by atoms with van der Waals surface area (Å²) in [5.74, 6) is -3.01. The van der Waals surface area contributed by atoms with Gasteiger partial charge in [-0.15, -0.1) is 0 Å². The quantitative estimate of drug-likeness (QED) is 0.574. The normalized spacial score (nSPS) is 17.4. The van der Waals surface area contributed by atoms with Crippen molar-refractivity contribution in [3.05, 3.63) is 39.8 Å². The monoisotopic (exact) mass is 385 g/mol. The van der Waals surface area contributed by atoms with E-state index in [4.69, 9.17) is 28.9 Å². The van der Waals surface area contributed by atoms with E-state index in [1.54, 1.807) is 24.3 Å². The van der Waals surface area contributed by atoms with Crippen LogP contribution in [-0.2, 0) is 14.4 Å². The predicted molar refractivity (Wildman–Crippen MR) is 94.8 cm³/mol. The van der Waals surface area contributed by atoms with Crippen molar-refractivity contribution in [1.29, 1.82) is 0 Å². The van der Waals surface area contributed by atoms with Gasteiger partial charge in [0.15, 0.2) is 0 Å². The largest absolute Gasteiger partial charge is 0.481 e. The standard InChI is InChI=1S/C15H12ClNO5S2/c16-9-4-2-1-3-8(9)7-11-13(20)17(15(23)24-11)10(14(21)22)5-6-12(18)19/h1-4,7,10H,5-6H2,(H,18,19)(H,21,22)/b11-7-/t10-/m1/s1. The van der Waals surface area contributed by atoms with Crippen molar-refractivity contribution in [3.63, 3.8) is 0 Å². The fourth-order valence-electron chi connectivity index (χ4n) is 2.11. The maximum atomic E-state index is 12.5. The lowest BCUT2D eigenvalue weighted by atomic mass is 10.1. The van der Waals surface area contributed by atoms with Crippen molar-refractivity contribution < 1.29 is 24.6 Å². The molecule has 1 fully saturated rings. The first-order chi connectivity index (χ1) is 11.3. The summed E-state index contributed by atoms with van der Waals surface area (Å²) in [6.45, 7) is 0. The van der Waals surface area contributed by atoms with Gasteiger partial charge in [-0.05, 0) is 24.1 Å². The number of carbonyl (C=O) groups is 3. The Morgan fingerprint density at radius 3 is 2.58 bits per heavy atom. The molecule has 1 aromatic rings. The van der Waals surface area contributed by atoms with Crippen LogP contribution in [0.1, 0.15) is 18.4 Å². The van der Waals surface area contributed by atoms with Crippen molar-refractivity contribution in [2.75, 3.05) is 0 Å². The zero-order valence-electron chi connectivity index (χ0n) is 12.1. The lowest BCUT2D eigenvalue weighted by molar-refractivity contribution is -0.146. The third-order valence-corrected chi connectivity index (χ3v) is 4.92. The van der Waals surface area contributed by atoms with Crippen LogP contribution in [0.4, 0.5) is 0 Å². The van der Waals surface area contributed by atoms with Crippen LogP contribution in [0.2, 0.25) is 5.02 Å². The lowest BCUT2D eigenvalue weighted by Gasteiger charge is -2.22. The molecule has 1 aliphatic heterocycles. The second kappa shape index (κ2) is 7.78. The summed E-state index contributed by atoms with van der Waals surface area (Å²) in [6.07, 6.45) is 0.936. The summed E-state index contributed by atoms with van der Waals surface area (Å²) in [6, 6.07) is 5.57. The van der Waals surface area contributed by atoms with Gasteiger partial charge in [0.25, 0.3) is 5.91 Å². The number of thioether (sulfide) groups is 1. The third kappa shape index (κ3) is 4.14. The first-order valence-corrected chi connectivity index (χ1v) is 8.37. The molecule has 6 nitrogen and oxygen atoms in total. The lowest BCUT2D eigenvalue weighted by Crippen LogP contribution is -2.44. The Bertz CT molecular complexity index is 749. The van der Waals surface area contributed by atoms with Gasteiger partial charge in [-0.25, -0.2) is 4.79 Å². The Labute approximate surface area is 152 Å². The Hall–Kier alpha value is -1.90. The first kappa shape index (κ1) is 18.4. The van der Waals surface area contributed by atoms with Gasteiger partial charge in [0.05, 0.1) is 4.91 Å². The van der Waals surface area contributed by atoms with Crippen LogP contribution in [0.3, 0.4) is 0 Å². The van der Waals surface area contributed by atoms with E-state index in [9.17, 15) is 19.5 Å². The molecule has 0 spiro atoms. The molecule has 1 amide bonds. The second-order valence-corrected chi connectivity index (χ2v) is 6.94. The van der Waals surface area contributed by atoms with E-state index in [0.717, 1.165) is 16.7 Å². The van der Waals surface area contributed by atoms with E-state index in [-0.39, 0.29) is 22.1 Å². The molecule has 0 unspecified atom stereocenters. The minimum atomic E-state index is -1.31. The molecule has 1 heterocycles. The van der Waals surface area contributed by atoms with Crippen LogP contribution < -0.4 is 0 Å². The maximum absolute atomic E-state index is 12.5. The molecular weight excluding hydrogens is 374 g/mol. The van der Waals surface area contributed by atoms with Gasteiger partial charge >= 0.3 is 11.9 Å². The van der Waals surface area contributed by atoms with E-state index in [1.165, 1.54) is 6.08 Å². The van der Waals surface area contributed by atoms with Crippen LogP contribution in [-0.4, -0.2) is 43.3 Å². The van der Waals surface area contributed by atoms with E-state index in [0.29, 0.717) is 10.6 Å². The number of carboxylic acids is 2. The highest BCUT2D eigenvalue weighted by Crippen LogP contribution is 2.35. The third-order valence-electron chi connectivity index (χ3n) is 3.24. The van der Waals surface area contributed by atoms with Crippen LogP contribution in [0.15, 0.2) is 29.2 Å². The molecule has 0 radical (unpaired) electrons. The van der Waals surface area contributed by atoms with Crippen LogP contribution in [0, 0.1) is 0 Å². The molecule has 0 saturated carbocycles. The Balaban J connectivity index is 2.28. The van der Waals surface area contributed by atoms with Crippen LogP contribution in [0.5, 0.6) is 0 Å². The Kier molecular flexibility index (Phi) is 5.98. The number of carbonyl (C=O) groups excluding carboxylic acids is 1. The van der Waals surface area contributed by atoms with Gasteiger partial charge in [-0.2, -0.15) is 0 Å². The average molecular weight is 386 g/mol. The average Bonchev–Trinajstić information content (AvgIpc) is 2.77. The number of hydrogen-bond donors (Lipinski definition) is 2. The van der Waals surface area contributed by atoms with Crippen LogP contribution >= 0.6 is 35.6 Å². The maximum Gasteiger partial charge on any atom is 0.326 e. The smallest absolute Gasteiger partial charge is 0.326 e. The predicted octanol–water partition coefficient (Wildman–Crippen LogP) is 2.86. The zero-order valence-corrected chi connectivity index (χ0v) is 14.5. The highest BCUT2D eigenvalue weighted by Gasteiger charge is 2.40. The molecular formula is C15H12ClNO5S2. The molecule has 9 heteroatoms. The number of thiocarbonyl (C=S) groups is 1. The Morgan fingerprint density at radius 1 is 1.33 bits per heavy atom. The summed E-state index contributed by atoms with van der Waals surface area (Å²) < 4.78 is 0.0797. The first-order valence-electron chi connectivity index (χ1n) is 6.77. The SMILES string of the molecule is O=C(O)CC[C@H](C(=O)O)N1C(=O)/C(=C/c2ccccc2Cl)SC1=S. The molecule has 0 bridgehead atoms. The number of hydrogen-bond acceptors (Lipinski definition) is 5. The molecule has 1 aliphatic rings. The highest BCUT2D eigenvalue weighted by molar-refractivity contribution is 8.26. The summed E-state index contributed by atoms with van der Waals surface area (Å²) in [4.78, 5) is 35.8. The topological polar surface area (TPSA) is 94.9 Å². The number of rotatable bonds is 6. The fourth-order valence-corrected chi connectivity index (χ4v) is 3.64. The minimum absolute atomic E-state index is 0.0797. The van der Waals surface area contributed by atoms with E-state index in [2.05, 4.69) is 0 Å². The molecule has 2 rings (SSSR count). The van der Waals surface area contributed by atoms with Crippen molar-refractivity contribution in [1.82, 2.24) is 4.90 Å². The number of carboxylic acid groups (broad SMARTS) is 2. The van der Waals surface area contributed by atoms with Crippen molar-refractivity contribution in [3.8, 4) is 0 Å². The second-order valence-electron chi connectivity index (χ2n) is 4.86. The van der Waals surface area contributed by atoms with E-state index >= 15 is 0 Å². The molecule has 24 heavy (non-hydrogen) atoms. The van der Waals surface area contributed by atoms with Crippen molar-refractivity contribution in [2.24, 2.45) is 0 Å². The molecule has 1 atom stereocenters. The number of amides is 1. The van der Waals surface area contributed by atoms with Crippen molar-refractivity contribution >= 4 is 63.8 Å². The number of nitrogens with zero attached hydrogens (tertiary/aromatic N) is 1. The van der Waals surface area contributed by atoms with Gasteiger partial charge < -0.3 is 10.2 Å². The number of halogens is 1. The van der Waals surface area contributed by atoms with Gasteiger partial charge in [-0.1, -0.05) is 53.8 Å². The van der Waals surface area contributed by atoms with Gasteiger partial charge in [0.1, 0.15) is 10.4 Å². The summed E-state index contributed by atoms with van der Waals surface area (Å²) in [5.41, 5.74) is 0.608. The molecule has 0 aliphatic carbocycles. The summed E-state index contributed by atoms with van der Waals surface area (Å²) in [7, 11) is 0. The summed E-state index contributed by atoms with van der Waals surface area (Å²) in [5, 5.41) is 18.5. The number of aliphatic carboxylic acids is 2. The van der Waals surface area contributed by atoms with Crippen molar-refractivity contribution in [2.45, 2.75) is 18.9 Å². The highest BCUT2D eigenvalue weighted by atomic mass is 35.5. The molecule has 126 valence electrons. The fraction of sp³-hybridized carbons (Fsp3) is 0.200. The van der Waals surface area contributed by atoms with Crippen LogP contribution in [0.25, 0.3) is 6.08 Å². The number of benzene rings is 1. The van der Waals surface area contributed by atoms with Gasteiger partial charge in [-0.3, -0.25) is 14.5 Å². The molecule has 1 aromatic carbocycles. The van der Waals surface area contributed by atoms with Gasteiger partial charge in [0, 0.05) is 11.4 Å². The summed E-state index contributed by atoms with van der Waals surface area (Å²) >= 11 is 12.1. The minimum Gasteiger partial charge on any atom is -0.481 e. The zero-order chi connectivity index (χ0) is 17.9. The van der Waals surface area contributed by atoms with Gasteiger partial charge in [0.2, 0.25) is 0 Å². The molecule has 0 aromatic heterocycles.